The van der Waals surface area contributed by atoms with Crippen molar-refractivity contribution < 1.29 is 19.2 Å². The summed E-state index contributed by atoms with van der Waals surface area (Å²) >= 11 is 0. The van der Waals surface area contributed by atoms with Gasteiger partial charge >= 0.3 is 5.69 Å². The molecule has 0 saturated carbocycles. The van der Waals surface area contributed by atoms with Gasteiger partial charge < -0.3 is 9.47 Å². The summed E-state index contributed by atoms with van der Waals surface area (Å²) < 4.78 is 11.0. The van der Waals surface area contributed by atoms with E-state index in [0.29, 0.717) is 12.4 Å². The third-order valence-electron chi connectivity index (χ3n) is 4.18. The van der Waals surface area contributed by atoms with Crippen LogP contribution in [0.3, 0.4) is 0 Å². The van der Waals surface area contributed by atoms with Gasteiger partial charge in [-0.3, -0.25) is 14.9 Å². The second-order valence-corrected chi connectivity index (χ2v) is 6.66. The van der Waals surface area contributed by atoms with Crippen LogP contribution in [0, 0.1) is 17.0 Å². The molecule has 0 aliphatic carbocycles. The molecule has 0 aliphatic heterocycles. The van der Waals surface area contributed by atoms with Gasteiger partial charge in [-0.25, -0.2) is 5.43 Å². The number of carbonyl (C=O) groups excluding carboxylic acids is 1. The maximum absolute atomic E-state index is 11.9. The molecule has 0 spiro atoms. The molecule has 8 heteroatoms. The summed E-state index contributed by atoms with van der Waals surface area (Å²) in [5.41, 5.74) is 4.66. The summed E-state index contributed by atoms with van der Waals surface area (Å²) in [5.74, 6) is 0.162. The van der Waals surface area contributed by atoms with E-state index >= 15 is 0 Å². The SMILES string of the molecule is Cc1ccc(OCC(=O)N/N=C/c2cccc(OCc3ccccc3)c2)c([N+](=O)[O-])c1. The van der Waals surface area contributed by atoms with Crippen LogP contribution in [-0.2, 0) is 11.4 Å². The van der Waals surface area contributed by atoms with Gasteiger partial charge in [-0.15, -0.1) is 0 Å². The zero-order valence-corrected chi connectivity index (χ0v) is 16.9. The number of hydrogen-bond acceptors (Lipinski definition) is 6. The zero-order valence-electron chi connectivity index (χ0n) is 16.9. The van der Waals surface area contributed by atoms with Crippen molar-refractivity contribution in [2.45, 2.75) is 13.5 Å². The van der Waals surface area contributed by atoms with E-state index in [1.807, 2.05) is 48.5 Å². The molecule has 0 saturated heterocycles. The molecule has 0 aromatic heterocycles. The van der Waals surface area contributed by atoms with Crippen LogP contribution in [-0.4, -0.2) is 23.7 Å². The third-order valence-corrected chi connectivity index (χ3v) is 4.18. The molecule has 0 radical (unpaired) electrons. The van der Waals surface area contributed by atoms with E-state index in [1.54, 1.807) is 19.1 Å². The van der Waals surface area contributed by atoms with Gasteiger partial charge in [0.1, 0.15) is 12.4 Å². The standard InChI is InChI=1S/C23H21N3O5/c1-17-10-11-22(21(12-17)26(28)29)31-16-23(27)25-24-14-19-8-5-9-20(13-19)30-15-18-6-3-2-4-7-18/h2-14H,15-16H2,1H3,(H,25,27)/b24-14+. The Morgan fingerprint density at radius 3 is 2.65 bits per heavy atom. The van der Waals surface area contributed by atoms with Gasteiger partial charge in [0.15, 0.2) is 12.4 Å². The zero-order chi connectivity index (χ0) is 22.1. The molecule has 158 valence electrons. The number of nitrogens with one attached hydrogen (secondary N) is 1. The Balaban J connectivity index is 1.50. The van der Waals surface area contributed by atoms with Gasteiger partial charge in [-0.2, -0.15) is 5.10 Å². The molecule has 0 bridgehead atoms. The average molecular weight is 419 g/mol. The number of nitro benzene ring substituents is 1. The molecule has 0 heterocycles. The lowest BCUT2D eigenvalue weighted by Crippen LogP contribution is -2.24. The smallest absolute Gasteiger partial charge is 0.311 e. The highest BCUT2D eigenvalue weighted by molar-refractivity contribution is 5.83. The largest absolute Gasteiger partial charge is 0.489 e. The first-order valence-electron chi connectivity index (χ1n) is 9.48. The van der Waals surface area contributed by atoms with Crippen LogP contribution in [0.25, 0.3) is 0 Å². The lowest BCUT2D eigenvalue weighted by atomic mass is 10.2. The first kappa shape index (κ1) is 21.5. The van der Waals surface area contributed by atoms with Gasteiger partial charge in [-0.05, 0) is 41.8 Å². The highest BCUT2D eigenvalue weighted by Crippen LogP contribution is 2.27. The Hall–Kier alpha value is -4.20. The molecule has 8 nitrogen and oxygen atoms in total. The second-order valence-electron chi connectivity index (χ2n) is 6.66. The van der Waals surface area contributed by atoms with Gasteiger partial charge in [-0.1, -0.05) is 48.5 Å². The number of carbonyl (C=O) groups is 1. The number of benzene rings is 3. The Kier molecular flexibility index (Phi) is 7.31. The number of amides is 1. The highest BCUT2D eigenvalue weighted by atomic mass is 16.6. The number of hydrogen-bond donors (Lipinski definition) is 1. The Morgan fingerprint density at radius 2 is 1.87 bits per heavy atom. The molecule has 0 atom stereocenters. The van der Waals surface area contributed by atoms with Gasteiger partial charge in [0.05, 0.1) is 11.1 Å². The number of hydrazone groups is 1. The number of aryl methyl sites for hydroxylation is 1. The monoisotopic (exact) mass is 419 g/mol. The summed E-state index contributed by atoms with van der Waals surface area (Å²) in [5, 5.41) is 15.0. The summed E-state index contributed by atoms with van der Waals surface area (Å²) in [4.78, 5) is 22.5. The van der Waals surface area contributed by atoms with Crippen molar-refractivity contribution >= 4 is 17.8 Å². The van der Waals surface area contributed by atoms with E-state index in [0.717, 1.165) is 16.7 Å². The predicted octanol–water partition coefficient (Wildman–Crippen LogP) is 4.01. The van der Waals surface area contributed by atoms with Gasteiger partial charge in [0.25, 0.3) is 5.91 Å². The minimum Gasteiger partial charge on any atom is -0.489 e. The van der Waals surface area contributed by atoms with E-state index < -0.39 is 17.4 Å². The first-order chi connectivity index (χ1) is 15.0. The van der Waals surface area contributed by atoms with Crippen molar-refractivity contribution in [1.82, 2.24) is 5.43 Å². The van der Waals surface area contributed by atoms with Crippen LogP contribution in [0.4, 0.5) is 5.69 Å². The summed E-state index contributed by atoms with van der Waals surface area (Å²) in [6.45, 7) is 1.78. The van der Waals surface area contributed by atoms with E-state index in [-0.39, 0.29) is 11.4 Å². The fraction of sp³-hybridized carbons (Fsp3) is 0.130. The number of nitrogens with zero attached hydrogens (tertiary/aromatic N) is 2. The Morgan fingerprint density at radius 1 is 1.06 bits per heavy atom. The van der Waals surface area contributed by atoms with Crippen molar-refractivity contribution in [3.8, 4) is 11.5 Å². The minimum absolute atomic E-state index is 0.0259. The van der Waals surface area contributed by atoms with Gasteiger partial charge in [0.2, 0.25) is 0 Å². The van der Waals surface area contributed by atoms with Crippen LogP contribution in [0.15, 0.2) is 77.9 Å². The quantitative estimate of drug-likeness (QED) is 0.321. The molecule has 31 heavy (non-hydrogen) atoms. The maximum Gasteiger partial charge on any atom is 0.311 e. The summed E-state index contributed by atoms with van der Waals surface area (Å²) in [7, 11) is 0. The van der Waals surface area contributed by atoms with Gasteiger partial charge in [0, 0.05) is 6.07 Å². The maximum atomic E-state index is 11.9. The van der Waals surface area contributed by atoms with Crippen molar-refractivity contribution in [3.05, 3.63) is 99.6 Å². The molecule has 0 fully saturated rings. The second kappa shape index (κ2) is 10.5. The minimum atomic E-state index is -0.550. The Bertz CT molecular complexity index is 1080. The van der Waals surface area contributed by atoms with Crippen LogP contribution >= 0.6 is 0 Å². The van der Waals surface area contributed by atoms with E-state index in [2.05, 4.69) is 10.5 Å². The third kappa shape index (κ3) is 6.67. The molecule has 0 unspecified atom stereocenters. The van der Waals surface area contributed by atoms with Crippen LogP contribution < -0.4 is 14.9 Å². The predicted molar refractivity (Wildman–Crippen MR) is 116 cm³/mol. The number of nitro groups is 1. The summed E-state index contributed by atoms with van der Waals surface area (Å²) in [6.07, 6.45) is 1.47. The Labute approximate surface area is 179 Å². The van der Waals surface area contributed by atoms with E-state index in [9.17, 15) is 14.9 Å². The van der Waals surface area contributed by atoms with Crippen molar-refractivity contribution in [3.63, 3.8) is 0 Å². The number of ether oxygens (including phenoxy) is 2. The van der Waals surface area contributed by atoms with E-state index in [4.69, 9.17) is 9.47 Å². The molecular formula is C23H21N3O5. The number of rotatable bonds is 9. The molecular weight excluding hydrogens is 398 g/mol. The molecule has 3 rings (SSSR count). The molecule has 3 aromatic carbocycles. The fourth-order valence-electron chi connectivity index (χ4n) is 2.67. The van der Waals surface area contributed by atoms with Crippen molar-refractivity contribution in [2.75, 3.05) is 6.61 Å². The van der Waals surface area contributed by atoms with Crippen molar-refractivity contribution in [1.29, 1.82) is 0 Å². The first-order valence-corrected chi connectivity index (χ1v) is 9.48. The highest BCUT2D eigenvalue weighted by Gasteiger charge is 2.16. The van der Waals surface area contributed by atoms with Crippen LogP contribution in [0.5, 0.6) is 11.5 Å². The molecule has 0 aliphatic rings. The average Bonchev–Trinajstić information content (AvgIpc) is 2.78. The van der Waals surface area contributed by atoms with Crippen molar-refractivity contribution in [2.24, 2.45) is 5.10 Å². The topological polar surface area (TPSA) is 103 Å². The van der Waals surface area contributed by atoms with E-state index in [1.165, 1.54) is 18.3 Å². The molecule has 3 aromatic rings. The summed E-state index contributed by atoms with van der Waals surface area (Å²) in [6, 6.07) is 21.6. The fourth-order valence-corrected chi connectivity index (χ4v) is 2.67. The lowest BCUT2D eigenvalue weighted by molar-refractivity contribution is -0.385. The lowest BCUT2D eigenvalue weighted by Gasteiger charge is -2.07. The molecule has 1 N–H and O–H groups in total. The van der Waals surface area contributed by atoms with Crippen LogP contribution in [0.1, 0.15) is 16.7 Å². The normalized spacial score (nSPS) is 10.6. The molecule has 1 amide bonds. The van der Waals surface area contributed by atoms with Crippen LogP contribution in [0.2, 0.25) is 0 Å².